The lowest BCUT2D eigenvalue weighted by Crippen LogP contribution is -2.49. The summed E-state index contributed by atoms with van der Waals surface area (Å²) >= 11 is 0. The third kappa shape index (κ3) is 4.09. The van der Waals surface area contributed by atoms with E-state index >= 15 is 0 Å². The van der Waals surface area contributed by atoms with E-state index in [-0.39, 0.29) is 5.91 Å². The minimum absolute atomic E-state index is 0.00139. The molecule has 5 nitrogen and oxygen atoms in total. The lowest BCUT2D eigenvalue weighted by molar-refractivity contribution is -0.137. The van der Waals surface area contributed by atoms with E-state index in [1.807, 2.05) is 0 Å². The van der Waals surface area contributed by atoms with Gasteiger partial charge < -0.3 is 14.5 Å². The van der Waals surface area contributed by atoms with Gasteiger partial charge in [-0.2, -0.15) is 13.2 Å². The van der Waals surface area contributed by atoms with Gasteiger partial charge >= 0.3 is 6.18 Å². The summed E-state index contributed by atoms with van der Waals surface area (Å²) in [5.74, 6) is 0.289. The molecule has 0 aromatic carbocycles. The molecule has 1 aromatic rings. The number of aromatic nitrogens is 1. The number of anilines is 1. The van der Waals surface area contributed by atoms with E-state index in [0.717, 1.165) is 18.3 Å². The highest BCUT2D eigenvalue weighted by Gasteiger charge is 2.31. The van der Waals surface area contributed by atoms with Gasteiger partial charge in [0.1, 0.15) is 5.82 Å². The van der Waals surface area contributed by atoms with Crippen molar-refractivity contribution in [2.75, 3.05) is 44.8 Å². The molecule has 0 saturated carbocycles. The van der Waals surface area contributed by atoms with Gasteiger partial charge in [0.25, 0.3) is 0 Å². The van der Waals surface area contributed by atoms with Crippen LogP contribution in [0, 0.1) is 0 Å². The highest BCUT2D eigenvalue weighted by Crippen LogP contribution is 2.30. The molecule has 1 aliphatic heterocycles. The number of nitrogens with zero attached hydrogens (tertiary/aromatic N) is 3. The molecule has 1 aliphatic rings. The number of hydrogen-bond acceptors (Lipinski definition) is 4. The van der Waals surface area contributed by atoms with Crippen LogP contribution in [0.2, 0.25) is 0 Å². The Morgan fingerprint density at radius 2 is 2.00 bits per heavy atom. The zero-order valence-corrected chi connectivity index (χ0v) is 12.3. The van der Waals surface area contributed by atoms with Crippen LogP contribution >= 0.6 is 0 Å². The van der Waals surface area contributed by atoms with Gasteiger partial charge in [0.15, 0.2) is 0 Å². The van der Waals surface area contributed by atoms with E-state index in [4.69, 9.17) is 4.74 Å². The molecular weight excluding hydrogens is 299 g/mol. The fourth-order valence-electron chi connectivity index (χ4n) is 2.30. The summed E-state index contributed by atoms with van der Waals surface area (Å²) in [6.45, 7) is 2.25. The van der Waals surface area contributed by atoms with Crippen molar-refractivity contribution >= 4 is 11.7 Å². The molecule has 0 radical (unpaired) electrons. The highest BCUT2D eigenvalue weighted by atomic mass is 19.4. The van der Waals surface area contributed by atoms with Crippen molar-refractivity contribution in [2.24, 2.45) is 0 Å². The minimum atomic E-state index is -4.38. The first-order valence-electron chi connectivity index (χ1n) is 6.96. The number of methoxy groups -OCH3 is 1. The number of carbonyl (C=O) groups is 1. The predicted octanol–water partition coefficient (Wildman–Crippen LogP) is 1.79. The quantitative estimate of drug-likeness (QED) is 0.849. The Hall–Kier alpha value is -1.83. The van der Waals surface area contributed by atoms with Crippen molar-refractivity contribution in [3.63, 3.8) is 0 Å². The van der Waals surface area contributed by atoms with Gasteiger partial charge in [-0.3, -0.25) is 4.79 Å². The van der Waals surface area contributed by atoms with Crippen LogP contribution in [0.25, 0.3) is 0 Å². The van der Waals surface area contributed by atoms with Gasteiger partial charge in [-0.25, -0.2) is 4.98 Å². The highest BCUT2D eigenvalue weighted by molar-refractivity contribution is 5.76. The van der Waals surface area contributed by atoms with Crippen molar-refractivity contribution in [1.82, 2.24) is 9.88 Å². The molecule has 1 aromatic heterocycles. The molecular formula is C14H18F3N3O2. The monoisotopic (exact) mass is 317 g/mol. The number of amides is 1. The van der Waals surface area contributed by atoms with Crippen molar-refractivity contribution in [2.45, 2.75) is 12.6 Å². The predicted molar refractivity (Wildman–Crippen MR) is 74.5 cm³/mol. The topological polar surface area (TPSA) is 45.7 Å². The average Bonchev–Trinajstić information content (AvgIpc) is 2.52. The molecule has 1 saturated heterocycles. The van der Waals surface area contributed by atoms with Crippen molar-refractivity contribution in [3.8, 4) is 0 Å². The van der Waals surface area contributed by atoms with Crippen LogP contribution < -0.4 is 4.90 Å². The summed E-state index contributed by atoms with van der Waals surface area (Å²) in [7, 11) is 1.53. The first-order valence-corrected chi connectivity index (χ1v) is 6.96. The molecule has 2 rings (SSSR count). The summed E-state index contributed by atoms with van der Waals surface area (Å²) < 4.78 is 43.0. The fraction of sp³-hybridized carbons (Fsp3) is 0.571. The maximum atomic E-state index is 12.7. The van der Waals surface area contributed by atoms with Crippen molar-refractivity contribution in [1.29, 1.82) is 0 Å². The Kier molecular flexibility index (Phi) is 5.23. The Balaban J connectivity index is 1.96. The summed E-state index contributed by atoms with van der Waals surface area (Å²) in [6, 6.07) is 2.00. The maximum Gasteiger partial charge on any atom is 0.416 e. The number of ether oxygens (including phenoxy) is 1. The summed E-state index contributed by atoms with van der Waals surface area (Å²) in [4.78, 5) is 19.3. The lowest BCUT2D eigenvalue weighted by atomic mass is 10.2. The van der Waals surface area contributed by atoms with E-state index in [0.29, 0.717) is 45.0 Å². The van der Waals surface area contributed by atoms with Crippen molar-refractivity contribution < 1.29 is 22.7 Å². The third-order valence-electron chi connectivity index (χ3n) is 3.55. The Bertz CT molecular complexity index is 514. The number of carbonyl (C=O) groups excluding carboxylic acids is 1. The zero-order valence-electron chi connectivity index (χ0n) is 12.3. The molecule has 0 spiro atoms. The van der Waals surface area contributed by atoms with Crippen molar-refractivity contribution in [3.05, 3.63) is 23.9 Å². The molecule has 1 amide bonds. The smallest absolute Gasteiger partial charge is 0.384 e. The summed E-state index contributed by atoms with van der Waals surface area (Å²) in [5, 5.41) is 0. The Morgan fingerprint density at radius 1 is 1.32 bits per heavy atom. The molecule has 0 atom stereocenters. The minimum Gasteiger partial charge on any atom is -0.384 e. The second-order valence-electron chi connectivity index (χ2n) is 5.01. The molecule has 122 valence electrons. The number of piperazine rings is 1. The third-order valence-corrected chi connectivity index (χ3v) is 3.55. The standard InChI is InChI=1S/C14H18F3N3O2/c1-22-9-3-13(21)20-7-5-19(6-8-20)12-10-11(2-4-18-12)14(15,16)17/h2,4,10H,3,5-9H2,1H3. The second-order valence-corrected chi connectivity index (χ2v) is 5.01. The number of pyridine rings is 1. The summed E-state index contributed by atoms with van der Waals surface area (Å²) in [5.41, 5.74) is -0.712. The SMILES string of the molecule is COCCC(=O)N1CCN(c2cc(C(F)(F)F)ccn2)CC1. The molecule has 2 heterocycles. The van der Waals surface area contributed by atoms with Crippen LogP contribution in [0.3, 0.4) is 0 Å². The van der Waals surface area contributed by atoms with Gasteiger partial charge in [-0.1, -0.05) is 0 Å². The van der Waals surface area contributed by atoms with Crippen LogP contribution in [-0.4, -0.2) is 55.7 Å². The molecule has 0 aliphatic carbocycles. The van der Waals surface area contributed by atoms with Gasteiger partial charge in [-0.15, -0.1) is 0 Å². The van der Waals surface area contributed by atoms with Gasteiger partial charge in [-0.05, 0) is 12.1 Å². The number of halogens is 3. The second kappa shape index (κ2) is 6.95. The van der Waals surface area contributed by atoms with Gasteiger partial charge in [0.2, 0.25) is 5.91 Å². The molecule has 0 bridgehead atoms. The Labute approximate surface area is 126 Å². The molecule has 1 fully saturated rings. The molecule has 0 N–H and O–H groups in total. The molecule has 0 unspecified atom stereocenters. The van der Waals surface area contributed by atoms with E-state index in [9.17, 15) is 18.0 Å². The van der Waals surface area contributed by atoms with Crippen LogP contribution in [-0.2, 0) is 15.7 Å². The molecule has 8 heteroatoms. The molecule has 22 heavy (non-hydrogen) atoms. The van der Waals surface area contributed by atoms with Crippen LogP contribution in [0.15, 0.2) is 18.3 Å². The van der Waals surface area contributed by atoms with E-state index in [1.54, 1.807) is 9.80 Å². The Morgan fingerprint density at radius 3 is 2.59 bits per heavy atom. The van der Waals surface area contributed by atoms with E-state index in [2.05, 4.69) is 4.98 Å². The number of hydrogen-bond donors (Lipinski definition) is 0. The average molecular weight is 317 g/mol. The normalized spacial score (nSPS) is 16.0. The fourth-order valence-corrected chi connectivity index (χ4v) is 2.30. The summed E-state index contributed by atoms with van der Waals surface area (Å²) in [6.07, 6.45) is -2.90. The van der Waals surface area contributed by atoms with Gasteiger partial charge in [0.05, 0.1) is 18.6 Å². The van der Waals surface area contributed by atoms with E-state index in [1.165, 1.54) is 7.11 Å². The van der Waals surface area contributed by atoms with Gasteiger partial charge in [0, 0.05) is 39.5 Å². The van der Waals surface area contributed by atoms with Crippen LogP contribution in [0.5, 0.6) is 0 Å². The number of alkyl halides is 3. The first-order chi connectivity index (χ1) is 10.4. The van der Waals surface area contributed by atoms with E-state index < -0.39 is 11.7 Å². The van der Waals surface area contributed by atoms with Crippen LogP contribution in [0.1, 0.15) is 12.0 Å². The zero-order chi connectivity index (χ0) is 16.2. The lowest BCUT2D eigenvalue weighted by Gasteiger charge is -2.35. The first kappa shape index (κ1) is 16.5. The van der Waals surface area contributed by atoms with Crippen LogP contribution in [0.4, 0.5) is 19.0 Å². The maximum absolute atomic E-state index is 12.7. The largest absolute Gasteiger partial charge is 0.416 e. The number of rotatable bonds is 4.